The van der Waals surface area contributed by atoms with Gasteiger partial charge in [0.05, 0.1) is 10.7 Å². The molecule has 0 saturated heterocycles. The molecule has 0 aliphatic carbocycles. The van der Waals surface area contributed by atoms with Crippen LogP contribution in [0.2, 0.25) is 0 Å². The van der Waals surface area contributed by atoms with Gasteiger partial charge in [0.2, 0.25) is 0 Å². The maximum atomic E-state index is 10.6. The van der Waals surface area contributed by atoms with Gasteiger partial charge in [-0.05, 0) is 70.9 Å². The Kier molecular flexibility index (Phi) is 12.8. The van der Waals surface area contributed by atoms with Crippen LogP contribution in [0, 0.1) is 0 Å². The molecule has 4 atom stereocenters. The Morgan fingerprint density at radius 2 is 0.933 bits per heavy atom. The van der Waals surface area contributed by atoms with Crippen molar-refractivity contribution >= 4 is 23.5 Å². The molecule has 0 aromatic heterocycles. The quantitative estimate of drug-likeness (QED) is 0.126. The molecule has 0 bridgehead atoms. The van der Waals surface area contributed by atoms with Crippen LogP contribution in [0.5, 0.6) is 5.75 Å². The Labute approximate surface area is 281 Å². The lowest BCUT2D eigenvalue weighted by Gasteiger charge is -2.33. The Morgan fingerprint density at radius 1 is 0.556 bits per heavy atom. The van der Waals surface area contributed by atoms with Crippen LogP contribution in [-0.4, -0.2) is 67.2 Å². The van der Waals surface area contributed by atoms with Crippen molar-refractivity contribution in [2.45, 2.75) is 157 Å². The molecule has 2 aromatic carbocycles. The molecule has 0 saturated carbocycles. The van der Waals surface area contributed by atoms with Crippen LogP contribution in [0.4, 0.5) is 0 Å². The molecule has 5 N–H and O–H groups in total. The van der Waals surface area contributed by atoms with Crippen LogP contribution in [0.1, 0.15) is 119 Å². The first-order valence-corrected chi connectivity index (χ1v) is 17.5. The summed E-state index contributed by atoms with van der Waals surface area (Å²) in [7, 11) is 0. The van der Waals surface area contributed by atoms with Gasteiger partial charge in [-0.1, -0.05) is 89.2 Å². The van der Waals surface area contributed by atoms with E-state index in [4.69, 9.17) is 9.84 Å². The van der Waals surface area contributed by atoms with E-state index in [0.717, 1.165) is 16.0 Å². The lowest BCUT2D eigenvalue weighted by molar-refractivity contribution is -0.121. The van der Waals surface area contributed by atoms with Crippen LogP contribution in [-0.2, 0) is 21.7 Å². The molecular formula is C37H60O6S2. The number of ether oxygens (including phenoxy) is 1. The first-order valence-electron chi connectivity index (χ1n) is 15.9. The molecule has 0 heterocycles. The number of rotatable bonds is 11. The zero-order chi connectivity index (χ0) is 34.9. The Bertz CT molecular complexity index is 1210. The third kappa shape index (κ3) is 11.2. The zero-order valence-corrected chi connectivity index (χ0v) is 31.7. The highest BCUT2D eigenvalue weighted by atomic mass is 32.2. The second-order valence-electron chi connectivity index (χ2n) is 16.8. The van der Waals surface area contributed by atoms with Gasteiger partial charge in [0.25, 0.3) is 0 Å². The van der Waals surface area contributed by atoms with Crippen LogP contribution in [0.15, 0.2) is 40.1 Å². The van der Waals surface area contributed by atoms with Gasteiger partial charge < -0.3 is 30.3 Å². The maximum absolute atomic E-state index is 10.6. The number of hydrogen-bond acceptors (Lipinski definition) is 8. The van der Waals surface area contributed by atoms with Crippen molar-refractivity contribution in [1.82, 2.24) is 0 Å². The number of hydrogen-bond donors (Lipinski definition) is 5. The van der Waals surface area contributed by atoms with Gasteiger partial charge in [0.1, 0.15) is 36.8 Å². The van der Waals surface area contributed by atoms with E-state index in [9.17, 15) is 20.4 Å². The summed E-state index contributed by atoms with van der Waals surface area (Å²) in [4.78, 5) is 2.36. The molecule has 0 spiro atoms. The lowest BCUT2D eigenvalue weighted by atomic mass is 9.79. The summed E-state index contributed by atoms with van der Waals surface area (Å²) in [6.07, 6.45) is -6.45. The van der Waals surface area contributed by atoms with Crippen molar-refractivity contribution < 1.29 is 30.3 Å². The average Bonchev–Trinajstić information content (AvgIpc) is 2.87. The van der Waals surface area contributed by atoms with E-state index in [1.807, 2.05) is 23.5 Å². The number of aliphatic hydroxyl groups excluding tert-OH is 5. The summed E-state index contributed by atoms with van der Waals surface area (Å²) in [5.41, 5.74) is 4.07. The number of thioether (sulfide) groups is 2. The van der Waals surface area contributed by atoms with Crippen LogP contribution < -0.4 is 4.74 Å². The van der Waals surface area contributed by atoms with Gasteiger partial charge in [-0.3, -0.25) is 0 Å². The standard InChI is InChI=1S/C37H60O6S2/c1-33(2,3)22-15-23(34(4,5)6)17-24(16-22)44-37(13,14)45-25-18-26(35(7,8)9)32(27(19-25)36(10,11)12)43-21-29(40)31(42)30(41)28(39)20-38/h15-19,28-31,38-42H,20-21H2,1-14H3/t28-,29+,30+,31+/m0/s1. The van der Waals surface area contributed by atoms with Gasteiger partial charge >= 0.3 is 0 Å². The normalized spacial score (nSPS) is 16.3. The maximum Gasteiger partial charge on any atom is 0.126 e. The van der Waals surface area contributed by atoms with Crippen molar-refractivity contribution in [3.63, 3.8) is 0 Å². The Balaban J connectivity index is 2.53. The molecule has 6 nitrogen and oxygen atoms in total. The zero-order valence-electron chi connectivity index (χ0n) is 30.1. The fourth-order valence-corrected chi connectivity index (χ4v) is 7.48. The molecule has 0 fully saturated rings. The van der Waals surface area contributed by atoms with Crippen LogP contribution >= 0.6 is 23.5 Å². The topological polar surface area (TPSA) is 110 Å². The molecular weight excluding hydrogens is 605 g/mol. The van der Waals surface area contributed by atoms with E-state index in [0.29, 0.717) is 5.75 Å². The van der Waals surface area contributed by atoms with E-state index >= 15 is 0 Å². The molecule has 2 aromatic rings. The summed E-state index contributed by atoms with van der Waals surface area (Å²) in [6, 6.07) is 11.3. The average molecular weight is 665 g/mol. The van der Waals surface area contributed by atoms with E-state index in [2.05, 4.69) is 127 Å². The fourth-order valence-electron chi connectivity index (χ4n) is 4.87. The third-order valence-corrected chi connectivity index (χ3v) is 10.2. The van der Waals surface area contributed by atoms with E-state index in [1.54, 1.807) is 0 Å². The number of benzene rings is 2. The second kappa shape index (κ2) is 14.5. The molecule has 2 rings (SSSR count). The van der Waals surface area contributed by atoms with Crippen molar-refractivity contribution in [2.75, 3.05) is 13.2 Å². The molecule has 0 aliphatic rings. The van der Waals surface area contributed by atoms with Gasteiger partial charge in [0.15, 0.2) is 0 Å². The Hall–Kier alpha value is -1.26. The van der Waals surface area contributed by atoms with E-state index in [1.165, 1.54) is 16.0 Å². The van der Waals surface area contributed by atoms with Gasteiger partial charge in [0, 0.05) is 20.9 Å². The van der Waals surface area contributed by atoms with E-state index in [-0.39, 0.29) is 32.3 Å². The third-order valence-electron chi connectivity index (χ3n) is 7.77. The summed E-state index contributed by atoms with van der Waals surface area (Å²) in [6.45, 7) is 29.8. The van der Waals surface area contributed by atoms with Gasteiger partial charge in [-0.25, -0.2) is 0 Å². The van der Waals surface area contributed by atoms with Gasteiger partial charge in [-0.2, -0.15) is 0 Å². The molecule has 45 heavy (non-hydrogen) atoms. The largest absolute Gasteiger partial charge is 0.490 e. The van der Waals surface area contributed by atoms with Crippen LogP contribution in [0.25, 0.3) is 0 Å². The van der Waals surface area contributed by atoms with Gasteiger partial charge in [-0.15, -0.1) is 23.5 Å². The molecule has 0 radical (unpaired) electrons. The minimum absolute atomic E-state index is 0.0350. The SMILES string of the molecule is CC(C)(Sc1cc(C(C)(C)C)cc(C(C)(C)C)c1)Sc1cc(C(C)(C)C)c(OC[C@@H](O)[C@@H](O)[C@H](O)[C@@H](O)CO)c(C(C)(C)C)c1. The molecule has 256 valence electrons. The van der Waals surface area contributed by atoms with E-state index < -0.39 is 31.0 Å². The summed E-state index contributed by atoms with van der Waals surface area (Å²) in [5.74, 6) is 0.640. The molecule has 0 amide bonds. The van der Waals surface area contributed by atoms with Crippen LogP contribution in [0.3, 0.4) is 0 Å². The minimum atomic E-state index is -1.71. The predicted molar refractivity (Wildman–Crippen MR) is 190 cm³/mol. The summed E-state index contributed by atoms with van der Waals surface area (Å²) >= 11 is 3.67. The highest BCUT2D eigenvalue weighted by Crippen LogP contribution is 2.50. The smallest absolute Gasteiger partial charge is 0.126 e. The fraction of sp³-hybridized carbons (Fsp3) is 0.676. The highest BCUT2D eigenvalue weighted by molar-refractivity contribution is 8.18. The molecule has 0 unspecified atom stereocenters. The molecule has 0 aliphatic heterocycles. The number of aliphatic hydroxyl groups is 5. The first-order chi connectivity index (χ1) is 20.2. The molecule has 8 heteroatoms. The first kappa shape index (κ1) is 39.9. The predicted octanol–water partition coefficient (Wildman–Crippen LogP) is 7.31. The van der Waals surface area contributed by atoms with Crippen molar-refractivity contribution in [2.24, 2.45) is 0 Å². The second-order valence-corrected chi connectivity index (χ2v) is 20.5. The van der Waals surface area contributed by atoms with Crippen molar-refractivity contribution in [3.8, 4) is 5.75 Å². The summed E-state index contributed by atoms with van der Waals surface area (Å²) < 4.78 is 6.05. The lowest BCUT2D eigenvalue weighted by Crippen LogP contribution is -2.47. The highest BCUT2D eigenvalue weighted by Gasteiger charge is 2.34. The van der Waals surface area contributed by atoms with Crippen molar-refractivity contribution in [1.29, 1.82) is 0 Å². The summed E-state index contributed by atoms with van der Waals surface area (Å²) in [5, 5.41) is 50.0. The monoisotopic (exact) mass is 664 g/mol. The van der Waals surface area contributed by atoms with Crippen molar-refractivity contribution in [3.05, 3.63) is 52.6 Å². The minimum Gasteiger partial charge on any atom is -0.490 e. The Morgan fingerprint density at radius 3 is 1.29 bits per heavy atom.